The molecule has 102 valence electrons. The number of hydrogen-bond donors (Lipinski definition) is 1. The first-order valence-electron chi connectivity index (χ1n) is 5.69. The average Bonchev–Trinajstić information content (AvgIpc) is 2.13. The van der Waals surface area contributed by atoms with Gasteiger partial charge in [0.25, 0.3) is 0 Å². The van der Waals surface area contributed by atoms with E-state index in [4.69, 9.17) is 0 Å². The van der Waals surface area contributed by atoms with Crippen molar-refractivity contribution in [2.45, 2.75) is 39.2 Å². The summed E-state index contributed by atoms with van der Waals surface area (Å²) in [6.07, 6.45) is -4.26. The molecule has 0 fully saturated rings. The van der Waals surface area contributed by atoms with Gasteiger partial charge in [-0.15, -0.1) is 13.2 Å². The number of aliphatic hydroxyl groups is 1. The summed E-state index contributed by atoms with van der Waals surface area (Å²) in [6.45, 7) is 5.45. The van der Waals surface area contributed by atoms with Gasteiger partial charge in [0.1, 0.15) is 5.75 Å². The zero-order valence-corrected chi connectivity index (χ0v) is 10.6. The second-order valence-electron chi connectivity index (χ2n) is 4.95. The van der Waals surface area contributed by atoms with Crippen molar-refractivity contribution in [3.8, 4) is 5.75 Å². The van der Waals surface area contributed by atoms with Crippen LogP contribution in [0.25, 0.3) is 0 Å². The van der Waals surface area contributed by atoms with Gasteiger partial charge in [-0.3, -0.25) is 0 Å². The van der Waals surface area contributed by atoms with Crippen LogP contribution < -0.4 is 4.74 Å². The first kappa shape index (κ1) is 14.8. The molecule has 1 aromatic carbocycles. The van der Waals surface area contributed by atoms with Gasteiger partial charge in [-0.2, -0.15) is 0 Å². The van der Waals surface area contributed by atoms with E-state index in [2.05, 4.69) is 4.74 Å². The summed E-state index contributed by atoms with van der Waals surface area (Å²) in [6, 6.07) is 5.45. The Hall–Kier alpha value is -1.23. The fraction of sp³-hybridized carbons (Fsp3) is 0.538. The lowest BCUT2D eigenvalue weighted by atomic mass is 9.87. The van der Waals surface area contributed by atoms with Crippen LogP contribution in [0, 0.1) is 5.92 Å². The third-order valence-electron chi connectivity index (χ3n) is 2.50. The topological polar surface area (TPSA) is 29.5 Å². The lowest BCUT2D eigenvalue weighted by molar-refractivity contribution is -0.274. The predicted molar refractivity (Wildman–Crippen MR) is 62.2 cm³/mol. The maximum Gasteiger partial charge on any atom is 0.573 e. The molecular formula is C13H17F3O2. The first-order valence-corrected chi connectivity index (χ1v) is 5.69. The molecule has 0 aliphatic carbocycles. The smallest absolute Gasteiger partial charge is 0.406 e. The minimum atomic E-state index is -4.72. The SMILES string of the molecule is CC(C)CC(C)(O)c1cccc(OC(F)(F)F)c1. The summed E-state index contributed by atoms with van der Waals surface area (Å²) in [5, 5.41) is 10.2. The minimum Gasteiger partial charge on any atom is -0.406 e. The van der Waals surface area contributed by atoms with Gasteiger partial charge in [0.15, 0.2) is 0 Å². The summed E-state index contributed by atoms with van der Waals surface area (Å²) in [7, 11) is 0. The maximum absolute atomic E-state index is 12.1. The Balaban J connectivity index is 2.94. The normalized spacial score (nSPS) is 15.6. The molecule has 2 nitrogen and oxygen atoms in total. The molecule has 0 amide bonds. The Morgan fingerprint density at radius 2 is 1.89 bits per heavy atom. The molecule has 1 aromatic rings. The van der Waals surface area contributed by atoms with Crippen LogP contribution in [-0.2, 0) is 5.60 Å². The Morgan fingerprint density at radius 1 is 1.28 bits per heavy atom. The number of hydrogen-bond acceptors (Lipinski definition) is 2. The predicted octanol–water partition coefficient (Wildman–Crippen LogP) is 3.84. The molecule has 0 heterocycles. The third kappa shape index (κ3) is 4.56. The minimum absolute atomic E-state index is 0.229. The molecule has 18 heavy (non-hydrogen) atoms. The van der Waals surface area contributed by atoms with Crippen molar-refractivity contribution in [1.82, 2.24) is 0 Å². The van der Waals surface area contributed by atoms with Crippen molar-refractivity contribution in [2.24, 2.45) is 5.92 Å². The van der Waals surface area contributed by atoms with Gasteiger partial charge in [0.05, 0.1) is 5.60 Å². The van der Waals surface area contributed by atoms with Crippen LogP contribution in [-0.4, -0.2) is 11.5 Å². The fourth-order valence-electron chi connectivity index (χ4n) is 1.94. The van der Waals surface area contributed by atoms with Crippen LogP contribution in [0.15, 0.2) is 24.3 Å². The van der Waals surface area contributed by atoms with Crippen molar-refractivity contribution in [3.63, 3.8) is 0 Å². The second-order valence-corrected chi connectivity index (χ2v) is 4.95. The molecule has 1 rings (SSSR count). The van der Waals surface area contributed by atoms with Crippen molar-refractivity contribution >= 4 is 0 Å². The highest BCUT2D eigenvalue weighted by Crippen LogP contribution is 2.31. The van der Waals surface area contributed by atoms with E-state index in [0.29, 0.717) is 12.0 Å². The van der Waals surface area contributed by atoms with E-state index < -0.39 is 12.0 Å². The number of ether oxygens (including phenoxy) is 1. The number of alkyl halides is 3. The molecule has 1 atom stereocenters. The highest BCUT2D eigenvalue weighted by molar-refractivity contribution is 5.32. The van der Waals surface area contributed by atoms with Crippen molar-refractivity contribution in [1.29, 1.82) is 0 Å². The van der Waals surface area contributed by atoms with Crippen LogP contribution in [0.4, 0.5) is 13.2 Å². The molecule has 1 N–H and O–H groups in total. The van der Waals surface area contributed by atoms with E-state index in [1.165, 1.54) is 18.2 Å². The molecule has 0 radical (unpaired) electrons. The van der Waals surface area contributed by atoms with Gasteiger partial charge >= 0.3 is 6.36 Å². The zero-order chi connectivity index (χ0) is 14.0. The number of rotatable bonds is 4. The number of halogens is 3. The lowest BCUT2D eigenvalue weighted by Gasteiger charge is -2.26. The highest BCUT2D eigenvalue weighted by atomic mass is 19.4. The monoisotopic (exact) mass is 262 g/mol. The molecule has 0 aliphatic rings. The summed E-state index contributed by atoms with van der Waals surface area (Å²) < 4.78 is 40.1. The van der Waals surface area contributed by atoms with Gasteiger partial charge in [-0.05, 0) is 37.0 Å². The van der Waals surface area contributed by atoms with Gasteiger partial charge in [-0.1, -0.05) is 26.0 Å². The fourth-order valence-corrected chi connectivity index (χ4v) is 1.94. The van der Waals surface area contributed by atoms with Crippen molar-refractivity contribution < 1.29 is 23.0 Å². The Morgan fingerprint density at radius 3 is 2.39 bits per heavy atom. The van der Waals surface area contributed by atoms with Crippen LogP contribution in [0.5, 0.6) is 5.75 Å². The van der Waals surface area contributed by atoms with Crippen LogP contribution in [0.1, 0.15) is 32.8 Å². The summed E-state index contributed by atoms with van der Waals surface area (Å²) in [4.78, 5) is 0. The van der Waals surface area contributed by atoms with E-state index in [-0.39, 0.29) is 11.7 Å². The van der Waals surface area contributed by atoms with E-state index >= 15 is 0 Å². The molecule has 5 heteroatoms. The maximum atomic E-state index is 12.1. The molecule has 0 saturated heterocycles. The average molecular weight is 262 g/mol. The van der Waals surface area contributed by atoms with Crippen LogP contribution in [0.2, 0.25) is 0 Å². The highest BCUT2D eigenvalue weighted by Gasteiger charge is 2.32. The van der Waals surface area contributed by atoms with Gasteiger partial charge in [0, 0.05) is 0 Å². The summed E-state index contributed by atoms with van der Waals surface area (Å²) in [5.41, 5.74) is -0.753. The molecule has 0 spiro atoms. The van der Waals surface area contributed by atoms with Gasteiger partial charge in [-0.25, -0.2) is 0 Å². The summed E-state index contributed by atoms with van der Waals surface area (Å²) in [5.74, 6) is -0.0868. The zero-order valence-electron chi connectivity index (χ0n) is 10.6. The Kier molecular flexibility index (Phi) is 4.27. The Labute approximate surface area is 104 Å². The standard InChI is InChI=1S/C13H17F3O2/c1-9(2)8-12(3,17)10-5-4-6-11(7-10)18-13(14,15)16/h4-7,9,17H,8H2,1-3H3. The van der Waals surface area contributed by atoms with Crippen LogP contribution in [0.3, 0.4) is 0 Å². The largest absolute Gasteiger partial charge is 0.573 e. The van der Waals surface area contributed by atoms with Crippen molar-refractivity contribution in [3.05, 3.63) is 29.8 Å². The molecular weight excluding hydrogens is 245 g/mol. The Bertz CT molecular complexity index is 397. The molecule has 1 unspecified atom stereocenters. The summed E-state index contributed by atoms with van der Waals surface area (Å²) >= 11 is 0. The van der Waals surface area contributed by atoms with Gasteiger partial charge in [0.2, 0.25) is 0 Å². The number of benzene rings is 1. The molecule has 0 bridgehead atoms. The van der Waals surface area contributed by atoms with Gasteiger partial charge < -0.3 is 9.84 Å². The van der Waals surface area contributed by atoms with E-state index in [1.807, 2.05) is 13.8 Å². The van der Waals surface area contributed by atoms with Crippen molar-refractivity contribution in [2.75, 3.05) is 0 Å². The molecule has 0 aromatic heterocycles. The molecule has 0 saturated carbocycles. The quantitative estimate of drug-likeness (QED) is 0.893. The van der Waals surface area contributed by atoms with E-state index in [0.717, 1.165) is 0 Å². The third-order valence-corrected chi connectivity index (χ3v) is 2.50. The van der Waals surface area contributed by atoms with Crippen LogP contribution >= 0.6 is 0 Å². The molecule has 0 aliphatic heterocycles. The lowest BCUT2D eigenvalue weighted by Crippen LogP contribution is -2.24. The van der Waals surface area contributed by atoms with E-state index in [1.54, 1.807) is 13.0 Å². The van der Waals surface area contributed by atoms with E-state index in [9.17, 15) is 18.3 Å². The second kappa shape index (κ2) is 5.18. The first-order chi connectivity index (χ1) is 8.10.